The molecule has 158 valence electrons. The highest BCUT2D eigenvalue weighted by Gasteiger charge is 2.26. The minimum atomic E-state index is -0.477. The van der Waals surface area contributed by atoms with Crippen LogP contribution >= 0.6 is 0 Å². The van der Waals surface area contributed by atoms with Gasteiger partial charge in [-0.2, -0.15) is 0 Å². The number of rotatable bonds is 5. The van der Waals surface area contributed by atoms with Gasteiger partial charge in [0.25, 0.3) is 5.91 Å². The molecule has 0 unspecified atom stereocenters. The number of allylic oxidation sites excluding steroid dienone is 1. The lowest BCUT2D eigenvalue weighted by Crippen LogP contribution is -2.34. The number of carbonyl (C=O) groups is 2. The fourth-order valence-corrected chi connectivity index (χ4v) is 4.03. The van der Waals surface area contributed by atoms with Gasteiger partial charge in [-0.05, 0) is 62.0 Å². The Hall–Kier alpha value is -3.47. The first-order valence-electron chi connectivity index (χ1n) is 10.7. The Morgan fingerprint density at radius 3 is 2.58 bits per heavy atom. The molecule has 1 aliphatic rings. The monoisotopic (exact) mass is 414 g/mol. The highest BCUT2D eigenvalue weighted by atomic mass is 16.5. The molecule has 0 bridgehead atoms. The lowest BCUT2D eigenvalue weighted by molar-refractivity contribution is -0.124. The summed E-state index contributed by atoms with van der Waals surface area (Å²) in [5.74, 6) is -0.782. The number of amides is 1. The highest BCUT2D eigenvalue weighted by Crippen LogP contribution is 2.36. The number of carbonyl (C=O) groups excluding carboxylic acids is 2. The molecule has 0 atom stereocenters. The van der Waals surface area contributed by atoms with Crippen LogP contribution in [0.5, 0.6) is 0 Å². The van der Waals surface area contributed by atoms with Crippen molar-refractivity contribution in [2.24, 2.45) is 0 Å². The number of pyridine rings is 1. The quantitative estimate of drug-likeness (QED) is 0.610. The van der Waals surface area contributed by atoms with E-state index in [2.05, 4.69) is 23.5 Å². The van der Waals surface area contributed by atoms with Gasteiger partial charge in [0.15, 0.2) is 6.61 Å². The number of benzene rings is 2. The molecular formula is C26H26N2O3. The van der Waals surface area contributed by atoms with E-state index in [0.29, 0.717) is 5.56 Å². The maximum absolute atomic E-state index is 13.1. The number of para-hydroxylation sites is 1. The van der Waals surface area contributed by atoms with E-state index in [0.717, 1.165) is 52.6 Å². The molecule has 0 saturated heterocycles. The van der Waals surface area contributed by atoms with Crippen molar-refractivity contribution in [2.75, 3.05) is 6.61 Å². The molecule has 3 aromatic rings. The van der Waals surface area contributed by atoms with E-state index in [1.807, 2.05) is 56.3 Å². The van der Waals surface area contributed by atoms with Gasteiger partial charge < -0.3 is 10.1 Å². The standard InChI is InChI=1S/C26H26N2O3/c1-17(2)27-23(29)16-31-26(30)24-20-12-6-7-14-22(20)28-25-19(11-8-13-21(24)25)15-18-9-4-3-5-10-18/h3-7,9-10,12,14-15,17H,8,11,13,16H2,1-2H3,(H,27,29)/b19-15+. The van der Waals surface area contributed by atoms with Crippen molar-refractivity contribution < 1.29 is 14.3 Å². The lowest BCUT2D eigenvalue weighted by Gasteiger charge is -2.22. The third-order valence-electron chi connectivity index (χ3n) is 5.30. The first-order valence-corrected chi connectivity index (χ1v) is 10.7. The number of fused-ring (bicyclic) bond motifs is 2. The zero-order valence-electron chi connectivity index (χ0n) is 17.9. The molecule has 0 radical (unpaired) electrons. The highest BCUT2D eigenvalue weighted by molar-refractivity contribution is 6.07. The van der Waals surface area contributed by atoms with Crippen LogP contribution < -0.4 is 5.32 Å². The number of ether oxygens (including phenoxy) is 1. The van der Waals surface area contributed by atoms with Crippen LogP contribution in [0.25, 0.3) is 22.6 Å². The van der Waals surface area contributed by atoms with Crippen molar-refractivity contribution in [1.29, 1.82) is 0 Å². The van der Waals surface area contributed by atoms with Crippen molar-refractivity contribution in [1.82, 2.24) is 10.3 Å². The van der Waals surface area contributed by atoms with Crippen LogP contribution in [0.1, 0.15) is 53.9 Å². The third-order valence-corrected chi connectivity index (χ3v) is 5.30. The fraction of sp³-hybridized carbons (Fsp3) is 0.269. The predicted octanol–water partition coefficient (Wildman–Crippen LogP) is 4.79. The molecule has 2 aromatic carbocycles. The van der Waals surface area contributed by atoms with Crippen LogP contribution in [0.3, 0.4) is 0 Å². The van der Waals surface area contributed by atoms with Gasteiger partial charge in [-0.25, -0.2) is 9.78 Å². The Morgan fingerprint density at radius 2 is 1.81 bits per heavy atom. The number of aromatic nitrogens is 1. The lowest BCUT2D eigenvalue weighted by atomic mass is 9.86. The minimum Gasteiger partial charge on any atom is -0.452 e. The van der Waals surface area contributed by atoms with Crippen LogP contribution in [0.2, 0.25) is 0 Å². The first kappa shape index (κ1) is 20.8. The van der Waals surface area contributed by atoms with Crippen LogP contribution in [0.4, 0.5) is 0 Å². The summed E-state index contributed by atoms with van der Waals surface area (Å²) < 4.78 is 5.42. The Balaban J connectivity index is 1.76. The van der Waals surface area contributed by atoms with Crippen molar-refractivity contribution in [2.45, 2.75) is 39.2 Å². The van der Waals surface area contributed by atoms with Crippen LogP contribution in [0.15, 0.2) is 54.6 Å². The topological polar surface area (TPSA) is 68.3 Å². The predicted molar refractivity (Wildman–Crippen MR) is 123 cm³/mol. The molecule has 1 aromatic heterocycles. The molecule has 4 rings (SSSR count). The second-order valence-corrected chi connectivity index (χ2v) is 8.06. The number of hydrogen-bond donors (Lipinski definition) is 1. The summed E-state index contributed by atoms with van der Waals surface area (Å²) in [6, 6.07) is 17.7. The van der Waals surface area contributed by atoms with Crippen molar-refractivity contribution in [3.63, 3.8) is 0 Å². The zero-order valence-corrected chi connectivity index (χ0v) is 17.9. The molecule has 0 fully saturated rings. The number of hydrogen-bond acceptors (Lipinski definition) is 4. The number of nitrogens with zero attached hydrogens (tertiary/aromatic N) is 1. The summed E-state index contributed by atoms with van der Waals surface area (Å²) in [4.78, 5) is 30.0. The van der Waals surface area contributed by atoms with Gasteiger partial charge in [0.1, 0.15) is 0 Å². The van der Waals surface area contributed by atoms with E-state index >= 15 is 0 Å². The number of esters is 1. The molecule has 0 spiro atoms. The average Bonchev–Trinajstić information content (AvgIpc) is 2.76. The summed E-state index contributed by atoms with van der Waals surface area (Å²) >= 11 is 0. The average molecular weight is 415 g/mol. The van der Waals surface area contributed by atoms with E-state index < -0.39 is 5.97 Å². The van der Waals surface area contributed by atoms with Crippen molar-refractivity contribution in [3.05, 3.63) is 77.0 Å². The summed E-state index contributed by atoms with van der Waals surface area (Å²) in [7, 11) is 0. The van der Waals surface area contributed by atoms with Gasteiger partial charge in [-0.15, -0.1) is 0 Å². The SMILES string of the molecule is CC(C)NC(=O)COC(=O)c1c2c(nc3ccccc13)/C(=C/c1ccccc1)CCC2. The zero-order chi connectivity index (χ0) is 21.8. The van der Waals surface area contributed by atoms with E-state index in [4.69, 9.17) is 9.72 Å². The number of nitrogens with one attached hydrogen (secondary N) is 1. The van der Waals surface area contributed by atoms with Crippen LogP contribution in [-0.2, 0) is 16.0 Å². The summed E-state index contributed by atoms with van der Waals surface area (Å²) in [5.41, 5.74) is 5.26. The molecule has 5 heteroatoms. The second-order valence-electron chi connectivity index (χ2n) is 8.06. The van der Waals surface area contributed by atoms with Gasteiger partial charge in [0, 0.05) is 11.4 Å². The molecule has 0 saturated carbocycles. The van der Waals surface area contributed by atoms with E-state index in [9.17, 15) is 9.59 Å². The van der Waals surface area contributed by atoms with Crippen LogP contribution in [0, 0.1) is 0 Å². The molecule has 31 heavy (non-hydrogen) atoms. The van der Waals surface area contributed by atoms with E-state index in [1.54, 1.807) is 0 Å². The summed E-state index contributed by atoms with van der Waals surface area (Å²) in [5, 5.41) is 3.51. The Morgan fingerprint density at radius 1 is 1.06 bits per heavy atom. The smallest absolute Gasteiger partial charge is 0.339 e. The molecular weight excluding hydrogens is 388 g/mol. The molecule has 1 N–H and O–H groups in total. The van der Waals surface area contributed by atoms with Gasteiger partial charge in [0.05, 0.1) is 16.8 Å². The van der Waals surface area contributed by atoms with E-state index in [1.165, 1.54) is 0 Å². The molecule has 1 heterocycles. The Labute approximate surface area is 182 Å². The molecule has 1 aliphatic carbocycles. The molecule has 0 aliphatic heterocycles. The fourth-order valence-electron chi connectivity index (χ4n) is 4.03. The van der Waals surface area contributed by atoms with Gasteiger partial charge in [-0.1, -0.05) is 48.5 Å². The van der Waals surface area contributed by atoms with Crippen molar-refractivity contribution in [3.8, 4) is 0 Å². The maximum atomic E-state index is 13.1. The van der Waals surface area contributed by atoms with Gasteiger partial charge >= 0.3 is 5.97 Å². The second kappa shape index (κ2) is 9.13. The first-order chi connectivity index (χ1) is 15.0. The van der Waals surface area contributed by atoms with Gasteiger partial charge in [0.2, 0.25) is 0 Å². The third kappa shape index (κ3) is 4.66. The van der Waals surface area contributed by atoms with Crippen molar-refractivity contribution >= 4 is 34.4 Å². The summed E-state index contributed by atoms with van der Waals surface area (Å²) in [6.07, 6.45) is 4.73. The normalized spacial score (nSPS) is 14.5. The molecule has 1 amide bonds. The van der Waals surface area contributed by atoms with Crippen LogP contribution in [-0.4, -0.2) is 29.5 Å². The largest absolute Gasteiger partial charge is 0.452 e. The summed E-state index contributed by atoms with van der Waals surface area (Å²) in [6.45, 7) is 3.44. The van der Waals surface area contributed by atoms with Gasteiger partial charge in [-0.3, -0.25) is 4.79 Å². The molecule has 5 nitrogen and oxygen atoms in total. The Kier molecular flexibility index (Phi) is 6.12. The Bertz CT molecular complexity index is 1150. The maximum Gasteiger partial charge on any atom is 0.339 e. The van der Waals surface area contributed by atoms with E-state index in [-0.39, 0.29) is 18.6 Å². The minimum absolute atomic E-state index is 0.00796.